The van der Waals surface area contributed by atoms with Crippen LogP contribution in [0.3, 0.4) is 0 Å². The lowest BCUT2D eigenvalue weighted by Crippen LogP contribution is -2.37. The molecule has 18 heavy (non-hydrogen) atoms. The molecule has 2 rings (SSSR count). The van der Waals surface area contributed by atoms with E-state index in [0.717, 1.165) is 12.8 Å². The number of nitrogens with two attached hydrogens (primary N) is 1. The Kier molecular flexibility index (Phi) is 3.66. The summed E-state index contributed by atoms with van der Waals surface area (Å²) in [6.07, 6.45) is 1.75. The molecule has 1 fully saturated rings. The summed E-state index contributed by atoms with van der Waals surface area (Å²) >= 11 is 0. The van der Waals surface area contributed by atoms with Gasteiger partial charge >= 0.3 is 5.69 Å². The molecule has 0 saturated heterocycles. The van der Waals surface area contributed by atoms with E-state index in [1.54, 1.807) is 12.1 Å². The maximum absolute atomic E-state index is 10.9. The molecule has 2 N–H and O–H groups in total. The Morgan fingerprint density at radius 3 is 2.78 bits per heavy atom. The summed E-state index contributed by atoms with van der Waals surface area (Å²) < 4.78 is 10.6. The standard InChI is InChI=1S/C12H16N2O4/c1-17-9-2-3-12(11(6-9)14(15)16)18-10-4-8(5-10)7-13/h2-3,6,8,10H,4-5,7,13H2,1H3. The normalized spacial score (nSPS) is 22.1. The summed E-state index contributed by atoms with van der Waals surface area (Å²) in [7, 11) is 1.47. The van der Waals surface area contributed by atoms with Crippen molar-refractivity contribution in [2.24, 2.45) is 11.7 Å². The Hall–Kier alpha value is -1.82. The van der Waals surface area contributed by atoms with Crippen molar-refractivity contribution in [3.05, 3.63) is 28.3 Å². The van der Waals surface area contributed by atoms with E-state index in [1.165, 1.54) is 13.2 Å². The minimum atomic E-state index is -0.461. The van der Waals surface area contributed by atoms with Crippen LogP contribution in [0.5, 0.6) is 11.5 Å². The second-order valence-corrected chi connectivity index (χ2v) is 4.40. The molecule has 1 saturated carbocycles. The Labute approximate surface area is 105 Å². The molecular formula is C12H16N2O4. The predicted molar refractivity (Wildman–Crippen MR) is 65.8 cm³/mol. The summed E-state index contributed by atoms with van der Waals surface area (Å²) in [5, 5.41) is 10.9. The van der Waals surface area contributed by atoms with Gasteiger partial charge in [0.1, 0.15) is 5.75 Å². The van der Waals surface area contributed by atoms with E-state index in [-0.39, 0.29) is 11.8 Å². The fourth-order valence-corrected chi connectivity index (χ4v) is 2.01. The number of ether oxygens (including phenoxy) is 2. The predicted octanol–water partition coefficient (Wildman–Crippen LogP) is 1.72. The number of hydrogen-bond acceptors (Lipinski definition) is 5. The van der Waals surface area contributed by atoms with Gasteiger partial charge in [-0.2, -0.15) is 0 Å². The molecule has 0 heterocycles. The third-order valence-corrected chi connectivity index (χ3v) is 3.18. The van der Waals surface area contributed by atoms with E-state index < -0.39 is 4.92 Å². The van der Waals surface area contributed by atoms with Gasteiger partial charge in [-0.15, -0.1) is 0 Å². The van der Waals surface area contributed by atoms with Gasteiger partial charge in [-0.3, -0.25) is 10.1 Å². The molecule has 6 nitrogen and oxygen atoms in total. The van der Waals surface area contributed by atoms with Gasteiger partial charge in [0.25, 0.3) is 0 Å². The van der Waals surface area contributed by atoms with Crippen LogP contribution in [0.4, 0.5) is 5.69 Å². The van der Waals surface area contributed by atoms with Crippen LogP contribution >= 0.6 is 0 Å². The van der Waals surface area contributed by atoms with Crippen LogP contribution in [-0.2, 0) is 0 Å². The summed E-state index contributed by atoms with van der Waals surface area (Å²) in [4.78, 5) is 10.5. The first kappa shape index (κ1) is 12.6. The van der Waals surface area contributed by atoms with Crippen LogP contribution in [-0.4, -0.2) is 24.7 Å². The Balaban J connectivity index is 2.10. The molecule has 0 bridgehead atoms. The molecule has 0 amide bonds. The zero-order valence-electron chi connectivity index (χ0n) is 10.2. The van der Waals surface area contributed by atoms with Crippen LogP contribution in [0.2, 0.25) is 0 Å². The van der Waals surface area contributed by atoms with Gasteiger partial charge in [0.2, 0.25) is 0 Å². The lowest BCUT2D eigenvalue weighted by Gasteiger charge is -2.34. The Bertz CT molecular complexity index is 444. The van der Waals surface area contributed by atoms with E-state index in [2.05, 4.69) is 0 Å². The van der Waals surface area contributed by atoms with E-state index in [0.29, 0.717) is 24.0 Å². The third kappa shape index (κ3) is 2.53. The highest BCUT2D eigenvalue weighted by atomic mass is 16.6. The van der Waals surface area contributed by atoms with Crippen LogP contribution in [0.25, 0.3) is 0 Å². The first-order valence-electron chi connectivity index (χ1n) is 5.83. The summed E-state index contributed by atoms with van der Waals surface area (Å²) in [6.45, 7) is 0.643. The highest BCUT2D eigenvalue weighted by Crippen LogP contribution is 2.36. The van der Waals surface area contributed by atoms with Gasteiger partial charge < -0.3 is 15.2 Å². The van der Waals surface area contributed by atoms with Crippen molar-refractivity contribution in [2.45, 2.75) is 18.9 Å². The molecule has 1 aliphatic carbocycles. The summed E-state index contributed by atoms with van der Waals surface area (Å²) in [5.41, 5.74) is 5.46. The van der Waals surface area contributed by atoms with E-state index >= 15 is 0 Å². The monoisotopic (exact) mass is 252 g/mol. The van der Waals surface area contributed by atoms with E-state index in [4.69, 9.17) is 15.2 Å². The number of rotatable bonds is 5. The van der Waals surface area contributed by atoms with Crippen molar-refractivity contribution in [1.29, 1.82) is 0 Å². The average Bonchev–Trinajstić information content (AvgIpc) is 2.33. The number of methoxy groups -OCH3 is 1. The largest absolute Gasteiger partial charge is 0.496 e. The zero-order valence-corrected chi connectivity index (χ0v) is 10.2. The SMILES string of the molecule is COc1ccc(OC2CC(CN)C2)c([N+](=O)[O-])c1. The lowest BCUT2D eigenvalue weighted by atomic mass is 9.82. The molecule has 0 unspecified atom stereocenters. The molecular weight excluding hydrogens is 236 g/mol. The maximum atomic E-state index is 10.9. The topological polar surface area (TPSA) is 87.6 Å². The minimum absolute atomic E-state index is 0.0330. The van der Waals surface area contributed by atoms with Crippen molar-refractivity contribution in [3.8, 4) is 11.5 Å². The number of nitro benzene ring substituents is 1. The van der Waals surface area contributed by atoms with Gasteiger partial charge in [0.15, 0.2) is 5.75 Å². The first-order chi connectivity index (χ1) is 8.63. The number of hydrogen-bond donors (Lipinski definition) is 1. The molecule has 0 radical (unpaired) electrons. The van der Waals surface area contributed by atoms with Crippen LogP contribution in [0.1, 0.15) is 12.8 Å². The molecule has 0 spiro atoms. The van der Waals surface area contributed by atoms with E-state index in [1.807, 2.05) is 0 Å². The second kappa shape index (κ2) is 5.22. The fraction of sp³-hybridized carbons (Fsp3) is 0.500. The number of benzene rings is 1. The van der Waals surface area contributed by atoms with Crippen LogP contribution < -0.4 is 15.2 Å². The van der Waals surface area contributed by atoms with E-state index in [9.17, 15) is 10.1 Å². The molecule has 98 valence electrons. The third-order valence-electron chi connectivity index (χ3n) is 3.18. The minimum Gasteiger partial charge on any atom is -0.496 e. The maximum Gasteiger partial charge on any atom is 0.314 e. The smallest absolute Gasteiger partial charge is 0.314 e. The van der Waals surface area contributed by atoms with Crippen molar-refractivity contribution in [2.75, 3.05) is 13.7 Å². The zero-order chi connectivity index (χ0) is 13.1. The fourth-order valence-electron chi connectivity index (χ4n) is 2.01. The van der Waals surface area contributed by atoms with Gasteiger partial charge in [-0.25, -0.2) is 0 Å². The summed E-state index contributed by atoms with van der Waals surface area (Å²) in [6, 6.07) is 4.60. The molecule has 1 aliphatic rings. The van der Waals surface area contributed by atoms with Crippen molar-refractivity contribution < 1.29 is 14.4 Å². The quantitative estimate of drug-likeness (QED) is 0.636. The van der Waals surface area contributed by atoms with Gasteiger partial charge in [-0.1, -0.05) is 0 Å². The van der Waals surface area contributed by atoms with Crippen molar-refractivity contribution >= 4 is 5.69 Å². The highest BCUT2D eigenvalue weighted by Gasteiger charge is 2.31. The van der Waals surface area contributed by atoms with Crippen LogP contribution in [0.15, 0.2) is 18.2 Å². The molecule has 6 heteroatoms. The lowest BCUT2D eigenvalue weighted by molar-refractivity contribution is -0.386. The molecule has 1 aromatic rings. The number of nitro groups is 1. The van der Waals surface area contributed by atoms with Crippen LogP contribution in [0, 0.1) is 16.0 Å². The highest BCUT2D eigenvalue weighted by molar-refractivity contribution is 5.51. The van der Waals surface area contributed by atoms with Gasteiger partial charge in [0, 0.05) is 0 Å². The molecule has 0 atom stereocenters. The number of nitrogens with zero attached hydrogens (tertiary/aromatic N) is 1. The molecule has 0 aliphatic heterocycles. The van der Waals surface area contributed by atoms with Crippen molar-refractivity contribution in [1.82, 2.24) is 0 Å². The Morgan fingerprint density at radius 1 is 1.50 bits per heavy atom. The second-order valence-electron chi connectivity index (χ2n) is 4.40. The molecule has 0 aromatic heterocycles. The first-order valence-corrected chi connectivity index (χ1v) is 5.83. The van der Waals surface area contributed by atoms with Gasteiger partial charge in [-0.05, 0) is 37.4 Å². The summed E-state index contributed by atoms with van der Waals surface area (Å²) in [5.74, 6) is 1.22. The van der Waals surface area contributed by atoms with Crippen molar-refractivity contribution in [3.63, 3.8) is 0 Å². The molecule has 1 aromatic carbocycles. The van der Waals surface area contributed by atoms with Gasteiger partial charge in [0.05, 0.1) is 24.2 Å². The Morgan fingerprint density at radius 2 is 2.22 bits per heavy atom. The average molecular weight is 252 g/mol.